The monoisotopic (exact) mass is 154 g/mol. The molecule has 64 valence electrons. The van der Waals surface area contributed by atoms with Gasteiger partial charge in [0.2, 0.25) is 0 Å². The molecule has 0 bridgehead atoms. The van der Waals surface area contributed by atoms with Gasteiger partial charge in [-0.25, -0.2) is 0 Å². The van der Waals surface area contributed by atoms with Crippen LogP contribution in [0.15, 0.2) is 0 Å². The predicted molar refractivity (Wildman–Crippen MR) is 46.7 cm³/mol. The van der Waals surface area contributed by atoms with Gasteiger partial charge in [0.25, 0.3) is 0 Å². The van der Waals surface area contributed by atoms with E-state index in [1.807, 2.05) is 0 Å². The Balaban J connectivity index is 1.57. The molecule has 0 aromatic carbocycles. The second-order valence-corrected chi connectivity index (χ2v) is 3.78. The second kappa shape index (κ2) is 3.55. The highest BCUT2D eigenvalue weighted by atomic mass is 15.1. The first kappa shape index (κ1) is 7.56. The Morgan fingerprint density at radius 1 is 1.27 bits per heavy atom. The molecule has 2 saturated heterocycles. The fourth-order valence-corrected chi connectivity index (χ4v) is 1.94. The first-order chi connectivity index (χ1) is 5.45. The average Bonchev–Trinajstić information content (AvgIpc) is 2.36. The maximum atomic E-state index is 3.44. The van der Waals surface area contributed by atoms with E-state index in [1.165, 1.54) is 51.9 Å². The van der Waals surface area contributed by atoms with Gasteiger partial charge >= 0.3 is 0 Å². The molecule has 2 aliphatic heterocycles. The topological polar surface area (TPSA) is 15.3 Å². The molecule has 0 saturated carbocycles. The molecule has 2 rings (SSSR count). The molecule has 0 spiro atoms. The smallest absolute Gasteiger partial charge is 0.00913 e. The van der Waals surface area contributed by atoms with Gasteiger partial charge in [0.1, 0.15) is 0 Å². The van der Waals surface area contributed by atoms with Crippen LogP contribution in [0.5, 0.6) is 0 Å². The third-order valence-corrected chi connectivity index (χ3v) is 2.92. The number of rotatable bonds is 3. The van der Waals surface area contributed by atoms with Crippen molar-refractivity contribution in [3.8, 4) is 0 Å². The molecule has 0 radical (unpaired) electrons. The standard InChI is InChI=1S/C9H18N2/c1-2-7-11(6-1)8-4-9-3-5-10-9/h9-10H,1-8H2. The lowest BCUT2D eigenvalue weighted by molar-refractivity contribution is 0.272. The number of nitrogens with one attached hydrogen (secondary N) is 1. The summed E-state index contributed by atoms with van der Waals surface area (Å²) in [6.07, 6.45) is 5.64. The van der Waals surface area contributed by atoms with E-state index in [9.17, 15) is 0 Å². The quantitative estimate of drug-likeness (QED) is 0.648. The van der Waals surface area contributed by atoms with Crippen molar-refractivity contribution in [1.82, 2.24) is 10.2 Å². The number of hydrogen-bond donors (Lipinski definition) is 1. The normalized spacial score (nSPS) is 32.2. The molecule has 1 atom stereocenters. The minimum absolute atomic E-state index is 0.857. The lowest BCUT2D eigenvalue weighted by atomic mass is 10.0. The van der Waals surface area contributed by atoms with Crippen LogP contribution in [0.3, 0.4) is 0 Å². The van der Waals surface area contributed by atoms with Crippen molar-refractivity contribution in [1.29, 1.82) is 0 Å². The molecule has 2 nitrogen and oxygen atoms in total. The minimum atomic E-state index is 0.857. The van der Waals surface area contributed by atoms with Gasteiger partial charge in [-0.2, -0.15) is 0 Å². The van der Waals surface area contributed by atoms with Crippen LogP contribution in [0.25, 0.3) is 0 Å². The van der Waals surface area contributed by atoms with E-state index in [4.69, 9.17) is 0 Å². The van der Waals surface area contributed by atoms with Gasteiger partial charge in [-0.3, -0.25) is 0 Å². The molecule has 2 fully saturated rings. The highest BCUT2D eigenvalue weighted by molar-refractivity contribution is 4.79. The highest BCUT2D eigenvalue weighted by Crippen LogP contribution is 2.11. The van der Waals surface area contributed by atoms with E-state index in [1.54, 1.807) is 0 Å². The highest BCUT2D eigenvalue weighted by Gasteiger charge is 2.18. The molecule has 0 aromatic rings. The molecule has 0 amide bonds. The molecule has 2 heteroatoms. The molecule has 1 N–H and O–H groups in total. The summed E-state index contributed by atoms with van der Waals surface area (Å²) < 4.78 is 0. The van der Waals surface area contributed by atoms with Gasteiger partial charge in [-0.15, -0.1) is 0 Å². The van der Waals surface area contributed by atoms with Crippen LogP contribution >= 0.6 is 0 Å². The molecule has 0 aliphatic carbocycles. The summed E-state index contributed by atoms with van der Waals surface area (Å²) in [5, 5.41) is 3.44. The number of likely N-dealkylation sites (tertiary alicyclic amines) is 1. The Morgan fingerprint density at radius 3 is 2.55 bits per heavy atom. The molecule has 2 heterocycles. The Labute approximate surface area is 69.0 Å². The summed E-state index contributed by atoms with van der Waals surface area (Å²) in [5.74, 6) is 0. The summed E-state index contributed by atoms with van der Waals surface area (Å²) in [5.41, 5.74) is 0. The van der Waals surface area contributed by atoms with E-state index in [-0.39, 0.29) is 0 Å². The van der Waals surface area contributed by atoms with Crippen LogP contribution in [0, 0.1) is 0 Å². The van der Waals surface area contributed by atoms with Crippen LogP contribution in [0.2, 0.25) is 0 Å². The Hall–Kier alpha value is -0.0800. The lowest BCUT2D eigenvalue weighted by Crippen LogP contribution is -2.44. The van der Waals surface area contributed by atoms with Crippen molar-refractivity contribution in [2.75, 3.05) is 26.2 Å². The fourth-order valence-electron chi connectivity index (χ4n) is 1.94. The van der Waals surface area contributed by atoms with Crippen molar-refractivity contribution < 1.29 is 0 Å². The summed E-state index contributed by atoms with van der Waals surface area (Å²) in [6.45, 7) is 5.29. The van der Waals surface area contributed by atoms with E-state index in [0.717, 1.165) is 6.04 Å². The Bertz CT molecular complexity index is 115. The van der Waals surface area contributed by atoms with Crippen LogP contribution in [0.4, 0.5) is 0 Å². The van der Waals surface area contributed by atoms with Crippen LogP contribution in [-0.2, 0) is 0 Å². The Morgan fingerprint density at radius 2 is 2.00 bits per heavy atom. The van der Waals surface area contributed by atoms with Crippen molar-refractivity contribution in [2.45, 2.75) is 31.7 Å². The maximum Gasteiger partial charge on any atom is 0.00913 e. The summed E-state index contributed by atoms with van der Waals surface area (Å²) in [6, 6.07) is 0.857. The summed E-state index contributed by atoms with van der Waals surface area (Å²) >= 11 is 0. The van der Waals surface area contributed by atoms with Crippen LogP contribution < -0.4 is 5.32 Å². The second-order valence-electron chi connectivity index (χ2n) is 3.78. The zero-order chi connectivity index (χ0) is 7.52. The third kappa shape index (κ3) is 1.94. The minimum Gasteiger partial charge on any atom is -0.314 e. The number of hydrogen-bond acceptors (Lipinski definition) is 2. The zero-order valence-electron chi connectivity index (χ0n) is 7.18. The Kier molecular flexibility index (Phi) is 2.44. The van der Waals surface area contributed by atoms with Gasteiger partial charge in [0.05, 0.1) is 0 Å². The predicted octanol–water partition coefficient (Wildman–Crippen LogP) is 0.834. The SMILES string of the molecule is C1CCN(CCC2CCN2)C1. The van der Waals surface area contributed by atoms with E-state index in [2.05, 4.69) is 10.2 Å². The largest absolute Gasteiger partial charge is 0.314 e. The zero-order valence-corrected chi connectivity index (χ0v) is 7.18. The van der Waals surface area contributed by atoms with Crippen LogP contribution in [0.1, 0.15) is 25.7 Å². The van der Waals surface area contributed by atoms with Crippen LogP contribution in [-0.4, -0.2) is 37.1 Å². The maximum absolute atomic E-state index is 3.44. The first-order valence-corrected chi connectivity index (χ1v) is 4.91. The molecule has 11 heavy (non-hydrogen) atoms. The van der Waals surface area contributed by atoms with E-state index < -0.39 is 0 Å². The fraction of sp³-hybridized carbons (Fsp3) is 1.00. The molecular formula is C9H18N2. The van der Waals surface area contributed by atoms with Gasteiger partial charge in [0.15, 0.2) is 0 Å². The van der Waals surface area contributed by atoms with E-state index in [0.29, 0.717) is 0 Å². The third-order valence-electron chi connectivity index (χ3n) is 2.92. The molecule has 1 unspecified atom stereocenters. The summed E-state index contributed by atoms with van der Waals surface area (Å²) in [4.78, 5) is 2.60. The van der Waals surface area contributed by atoms with E-state index >= 15 is 0 Å². The number of nitrogens with zero attached hydrogens (tertiary/aromatic N) is 1. The van der Waals surface area contributed by atoms with Gasteiger partial charge in [-0.05, 0) is 51.9 Å². The van der Waals surface area contributed by atoms with Gasteiger partial charge in [0, 0.05) is 6.04 Å². The average molecular weight is 154 g/mol. The van der Waals surface area contributed by atoms with Gasteiger partial charge in [-0.1, -0.05) is 0 Å². The molecular weight excluding hydrogens is 136 g/mol. The molecule has 2 aliphatic rings. The van der Waals surface area contributed by atoms with Gasteiger partial charge < -0.3 is 10.2 Å². The summed E-state index contributed by atoms with van der Waals surface area (Å²) in [7, 11) is 0. The lowest BCUT2D eigenvalue weighted by Gasteiger charge is -2.29. The van der Waals surface area contributed by atoms with Crippen molar-refractivity contribution >= 4 is 0 Å². The van der Waals surface area contributed by atoms with Crippen molar-refractivity contribution in [3.63, 3.8) is 0 Å². The first-order valence-electron chi connectivity index (χ1n) is 4.91. The molecule has 0 aromatic heterocycles. The van der Waals surface area contributed by atoms with Crippen molar-refractivity contribution in [3.05, 3.63) is 0 Å². The van der Waals surface area contributed by atoms with Crippen molar-refractivity contribution in [2.24, 2.45) is 0 Å².